The molecule has 134 valence electrons. The van der Waals surface area contributed by atoms with Gasteiger partial charge in [0, 0.05) is 12.7 Å². The minimum Gasteiger partial charge on any atom is -0.478 e. The van der Waals surface area contributed by atoms with E-state index >= 15 is 0 Å². The lowest BCUT2D eigenvalue weighted by atomic mass is 10.0. The number of rotatable bonds is 15. The number of hydrogen-bond donors (Lipinski definition) is 4. The van der Waals surface area contributed by atoms with Crippen LogP contribution >= 0.6 is 0 Å². The van der Waals surface area contributed by atoms with Crippen LogP contribution in [0.2, 0.25) is 0 Å². The number of unbranched alkanes of at least 4 members (excludes halogenated alkanes) is 6. The zero-order valence-electron chi connectivity index (χ0n) is 13.9. The minimum atomic E-state index is -0.971. The predicted octanol–water partition coefficient (Wildman–Crippen LogP) is 2.80. The molecule has 2 atom stereocenters. The molecule has 0 spiro atoms. The summed E-state index contributed by atoms with van der Waals surface area (Å²) in [5.74, 6) is -0.971. The van der Waals surface area contributed by atoms with Crippen LogP contribution in [-0.2, 0) is 4.79 Å². The molecule has 23 heavy (non-hydrogen) atoms. The summed E-state index contributed by atoms with van der Waals surface area (Å²) in [5, 5.41) is 36.8. The Morgan fingerprint density at radius 3 is 2.00 bits per heavy atom. The summed E-state index contributed by atoms with van der Waals surface area (Å²) in [5.41, 5.74) is 0. The summed E-state index contributed by atoms with van der Waals surface area (Å²) in [4.78, 5) is 10.2. The van der Waals surface area contributed by atoms with Gasteiger partial charge in [-0.2, -0.15) is 0 Å². The monoisotopic (exact) mass is 328 g/mol. The van der Waals surface area contributed by atoms with Crippen molar-refractivity contribution in [1.82, 2.24) is 0 Å². The van der Waals surface area contributed by atoms with E-state index in [-0.39, 0.29) is 6.61 Å². The van der Waals surface area contributed by atoms with Crippen LogP contribution in [0.5, 0.6) is 0 Å². The first-order chi connectivity index (χ1) is 11.1. The molecular formula is C18H32O5. The molecule has 0 saturated heterocycles. The van der Waals surface area contributed by atoms with E-state index in [1.165, 1.54) is 6.08 Å². The van der Waals surface area contributed by atoms with Gasteiger partial charge in [-0.1, -0.05) is 50.3 Å². The fourth-order valence-electron chi connectivity index (χ4n) is 2.31. The zero-order valence-corrected chi connectivity index (χ0v) is 13.9. The molecular weight excluding hydrogens is 296 g/mol. The molecule has 5 heteroatoms. The first-order valence-corrected chi connectivity index (χ1v) is 8.61. The number of carboxylic acids is 1. The van der Waals surface area contributed by atoms with Gasteiger partial charge in [-0.05, 0) is 32.1 Å². The summed E-state index contributed by atoms with van der Waals surface area (Å²) >= 11 is 0. The number of aliphatic hydroxyl groups excluding tert-OH is 3. The lowest BCUT2D eigenvalue weighted by Gasteiger charge is -2.17. The molecule has 0 aliphatic carbocycles. The van der Waals surface area contributed by atoms with E-state index in [9.17, 15) is 15.0 Å². The Morgan fingerprint density at radius 2 is 1.39 bits per heavy atom. The number of hydrogen-bond acceptors (Lipinski definition) is 4. The third-order valence-electron chi connectivity index (χ3n) is 3.71. The summed E-state index contributed by atoms with van der Waals surface area (Å²) in [6.45, 7) is 0.260. The van der Waals surface area contributed by atoms with E-state index in [0.29, 0.717) is 12.8 Å². The second-order valence-electron chi connectivity index (χ2n) is 5.82. The summed E-state index contributed by atoms with van der Waals surface area (Å²) in [7, 11) is 0. The third-order valence-corrected chi connectivity index (χ3v) is 3.71. The molecule has 0 aromatic carbocycles. The Labute approximate surface area is 139 Å². The fourth-order valence-corrected chi connectivity index (χ4v) is 2.31. The highest BCUT2D eigenvalue weighted by atomic mass is 16.4. The summed E-state index contributed by atoms with van der Waals surface area (Å²) in [6, 6.07) is 0. The van der Waals surface area contributed by atoms with Gasteiger partial charge in [0.15, 0.2) is 0 Å². The van der Waals surface area contributed by atoms with Gasteiger partial charge < -0.3 is 20.4 Å². The number of carboxylic acid groups (broad SMARTS) is 1. The molecule has 0 aliphatic rings. The second-order valence-corrected chi connectivity index (χ2v) is 5.82. The van der Waals surface area contributed by atoms with Gasteiger partial charge in [0.1, 0.15) is 0 Å². The maximum atomic E-state index is 10.2. The van der Waals surface area contributed by atoms with E-state index in [0.717, 1.165) is 57.4 Å². The van der Waals surface area contributed by atoms with Gasteiger partial charge in [-0.3, -0.25) is 0 Å². The predicted molar refractivity (Wildman–Crippen MR) is 91.2 cm³/mol. The molecule has 0 aliphatic heterocycles. The molecule has 0 heterocycles. The van der Waals surface area contributed by atoms with E-state index in [1.807, 2.05) is 6.08 Å². The van der Waals surface area contributed by atoms with Crippen LogP contribution in [0, 0.1) is 0 Å². The SMILES string of the molecule is O=C(O)C=CC=CCCCC(O)C(O)CCCCCCCCO. The summed E-state index contributed by atoms with van der Waals surface area (Å²) in [6.07, 6.45) is 13.5. The Kier molecular flexibility index (Phi) is 14.9. The first-order valence-electron chi connectivity index (χ1n) is 8.61. The average Bonchev–Trinajstić information content (AvgIpc) is 2.52. The standard InChI is InChI=1S/C18H32O5/c19-15-11-7-2-1-4-8-12-16(20)17(21)13-9-5-3-6-10-14-18(22)23/h3,6,10,14,16-17,19-21H,1-2,4-5,7-9,11-13,15H2,(H,22,23). The van der Waals surface area contributed by atoms with Crippen molar-refractivity contribution in [2.45, 2.75) is 76.4 Å². The van der Waals surface area contributed by atoms with Gasteiger partial charge in [0.05, 0.1) is 12.2 Å². The molecule has 0 aromatic heterocycles. The van der Waals surface area contributed by atoms with Crippen LogP contribution in [0.25, 0.3) is 0 Å². The molecule has 4 N–H and O–H groups in total. The lowest BCUT2D eigenvalue weighted by Crippen LogP contribution is -2.25. The Morgan fingerprint density at radius 1 is 0.826 bits per heavy atom. The topological polar surface area (TPSA) is 98.0 Å². The number of aliphatic hydroxyl groups is 3. The molecule has 0 rings (SSSR count). The zero-order chi connectivity index (χ0) is 17.3. The van der Waals surface area contributed by atoms with Gasteiger partial charge >= 0.3 is 5.97 Å². The Hall–Kier alpha value is -1.17. The Bertz CT molecular complexity index is 338. The van der Waals surface area contributed by atoms with E-state index < -0.39 is 18.2 Å². The largest absolute Gasteiger partial charge is 0.478 e. The van der Waals surface area contributed by atoms with Gasteiger partial charge in [-0.15, -0.1) is 0 Å². The van der Waals surface area contributed by atoms with Crippen LogP contribution in [0.4, 0.5) is 0 Å². The molecule has 0 bridgehead atoms. The Balaban J connectivity index is 3.54. The van der Waals surface area contributed by atoms with Crippen molar-refractivity contribution in [1.29, 1.82) is 0 Å². The van der Waals surface area contributed by atoms with Crippen LogP contribution in [0.15, 0.2) is 24.3 Å². The number of carbonyl (C=O) groups is 1. The average molecular weight is 328 g/mol. The van der Waals surface area contributed by atoms with Gasteiger partial charge in [0.25, 0.3) is 0 Å². The molecule has 0 amide bonds. The van der Waals surface area contributed by atoms with Crippen LogP contribution in [0.1, 0.15) is 64.2 Å². The van der Waals surface area contributed by atoms with Crippen molar-refractivity contribution in [3.8, 4) is 0 Å². The molecule has 0 fully saturated rings. The third kappa shape index (κ3) is 15.5. The highest BCUT2D eigenvalue weighted by molar-refractivity contribution is 5.80. The first kappa shape index (κ1) is 21.8. The van der Waals surface area contributed by atoms with E-state index in [4.69, 9.17) is 10.2 Å². The van der Waals surface area contributed by atoms with Crippen molar-refractivity contribution in [3.05, 3.63) is 24.3 Å². The smallest absolute Gasteiger partial charge is 0.328 e. The lowest BCUT2D eigenvalue weighted by molar-refractivity contribution is -0.131. The minimum absolute atomic E-state index is 0.260. The number of allylic oxidation sites excluding steroid dienone is 3. The van der Waals surface area contributed by atoms with Crippen LogP contribution in [-0.4, -0.2) is 45.2 Å². The highest BCUT2D eigenvalue weighted by Gasteiger charge is 2.14. The van der Waals surface area contributed by atoms with E-state index in [1.54, 1.807) is 6.08 Å². The van der Waals surface area contributed by atoms with Crippen molar-refractivity contribution >= 4 is 5.97 Å². The molecule has 0 saturated carbocycles. The molecule has 0 aromatic rings. The van der Waals surface area contributed by atoms with Gasteiger partial charge in [-0.25, -0.2) is 4.79 Å². The quantitative estimate of drug-likeness (QED) is 0.210. The maximum absolute atomic E-state index is 10.2. The second kappa shape index (κ2) is 15.7. The van der Waals surface area contributed by atoms with E-state index in [2.05, 4.69) is 0 Å². The van der Waals surface area contributed by atoms with Crippen molar-refractivity contribution in [2.24, 2.45) is 0 Å². The molecule has 0 radical (unpaired) electrons. The van der Waals surface area contributed by atoms with Crippen molar-refractivity contribution < 1.29 is 25.2 Å². The summed E-state index contributed by atoms with van der Waals surface area (Å²) < 4.78 is 0. The maximum Gasteiger partial charge on any atom is 0.328 e. The normalized spacial score (nSPS) is 14.6. The van der Waals surface area contributed by atoms with Crippen molar-refractivity contribution in [3.63, 3.8) is 0 Å². The number of aliphatic carboxylic acids is 1. The molecule has 2 unspecified atom stereocenters. The van der Waals surface area contributed by atoms with Crippen molar-refractivity contribution in [2.75, 3.05) is 6.61 Å². The van der Waals surface area contributed by atoms with Crippen LogP contribution in [0.3, 0.4) is 0 Å². The van der Waals surface area contributed by atoms with Gasteiger partial charge in [0.2, 0.25) is 0 Å². The highest BCUT2D eigenvalue weighted by Crippen LogP contribution is 2.13. The van der Waals surface area contributed by atoms with Crippen LogP contribution < -0.4 is 0 Å². The molecule has 5 nitrogen and oxygen atoms in total. The fraction of sp³-hybridized carbons (Fsp3) is 0.722.